The first-order valence-electron chi connectivity index (χ1n) is 4.80. The number of rotatable bonds is 3. The number of benzene rings is 1. The van der Waals surface area contributed by atoms with Gasteiger partial charge in [-0.1, -0.05) is 22.9 Å². The molecule has 0 unspecified atom stereocenters. The SMILES string of the molecule is Cc1nc(Cl)sc1S(=O)(=O)Nc1ccc(I)cc1. The van der Waals surface area contributed by atoms with Crippen molar-refractivity contribution in [3.8, 4) is 0 Å². The summed E-state index contributed by atoms with van der Waals surface area (Å²) in [5, 5.41) is 0. The average molecular weight is 415 g/mol. The largest absolute Gasteiger partial charge is 0.279 e. The third-order valence-corrected chi connectivity index (χ3v) is 6.04. The van der Waals surface area contributed by atoms with Crippen LogP contribution in [0.2, 0.25) is 4.47 Å². The predicted octanol–water partition coefficient (Wildman–Crippen LogP) is 3.51. The molecular weight excluding hydrogens is 407 g/mol. The molecule has 0 bridgehead atoms. The fourth-order valence-corrected chi connectivity index (χ4v) is 4.48. The van der Waals surface area contributed by atoms with Crippen molar-refractivity contribution in [3.63, 3.8) is 0 Å². The fraction of sp³-hybridized carbons (Fsp3) is 0.100. The Kier molecular flexibility index (Phi) is 4.15. The molecule has 2 aromatic rings. The molecule has 0 saturated carbocycles. The molecular formula is C10H8ClIN2O2S2. The molecule has 0 atom stereocenters. The van der Waals surface area contributed by atoms with Gasteiger partial charge in [0.25, 0.3) is 10.0 Å². The zero-order valence-corrected chi connectivity index (χ0v) is 13.7. The lowest BCUT2D eigenvalue weighted by molar-refractivity contribution is 0.602. The molecule has 0 aliphatic carbocycles. The summed E-state index contributed by atoms with van der Waals surface area (Å²) in [6.07, 6.45) is 0. The van der Waals surface area contributed by atoms with Crippen LogP contribution in [0.15, 0.2) is 28.5 Å². The molecule has 0 saturated heterocycles. The number of hydrogen-bond donors (Lipinski definition) is 1. The van der Waals surface area contributed by atoms with Gasteiger partial charge >= 0.3 is 0 Å². The van der Waals surface area contributed by atoms with Crippen LogP contribution in [-0.2, 0) is 10.0 Å². The van der Waals surface area contributed by atoms with E-state index in [0.29, 0.717) is 11.4 Å². The van der Waals surface area contributed by atoms with Gasteiger partial charge in [0.2, 0.25) is 0 Å². The monoisotopic (exact) mass is 414 g/mol. The van der Waals surface area contributed by atoms with Crippen LogP contribution in [0.3, 0.4) is 0 Å². The molecule has 2 rings (SSSR count). The van der Waals surface area contributed by atoms with Gasteiger partial charge in [-0.3, -0.25) is 4.72 Å². The Morgan fingerprint density at radius 3 is 2.44 bits per heavy atom. The Morgan fingerprint density at radius 2 is 1.94 bits per heavy atom. The first-order valence-corrected chi connectivity index (χ1v) is 8.55. The zero-order chi connectivity index (χ0) is 13.3. The maximum absolute atomic E-state index is 12.1. The van der Waals surface area contributed by atoms with Crippen LogP contribution < -0.4 is 4.72 Å². The van der Waals surface area contributed by atoms with Crippen molar-refractivity contribution in [2.45, 2.75) is 11.1 Å². The second-order valence-electron chi connectivity index (χ2n) is 3.45. The van der Waals surface area contributed by atoms with E-state index >= 15 is 0 Å². The third-order valence-electron chi connectivity index (χ3n) is 2.07. The quantitative estimate of drug-likeness (QED) is 0.782. The highest BCUT2D eigenvalue weighted by Crippen LogP contribution is 2.28. The van der Waals surface area contributed by atoms with Crippen LogP contribution in [0.25, 0.3) is 0 Å². The Balaban J connectivity index is 2.33. The van der Waals surface area contributed by atoms with Gasteiger partial charge in [0.1, 0.15) is 0 Å². The molecule has 0 radical (unpaired) electrons. The maximum atomic E-state index is 12.1. The molecule has 1 N–H and O–H groups in total. The molecule has 1 heterocycles. The van der Waals surface area contributed by atoms with Crippen LogP contribution in [0.5, 0.6) is 0 Å². The molecule has 0 amide bonds. The number of nitrogens with one attached hydrogen (secondary N) is 1. The summed E-state index contributed by atoms with van der Waals surface area (Å²) < 4.78 is 28.1. The van der Waals surface area contributed by atoms with E-state index in [4.69, 9.17) is 11.6 Å². The van der Waals surface area contributed by atoms with Gasteiger partial charge in [0, 0.05) is 9.26 Å². The van der Waals surface area contributed by atoms with Gasteiger partial charge in [-0.25, -0.2) is 13.4 Å². The van der Waals surface area contributed by atoms with Crippen LogP contribution in [0.1, 0.15) is 5.69 Å². The number of halogens is 2. The third kappa shape index (κ3) is 3.14. The van der Waals surface area contributed by atoms with E-state index in [2.05, 4.69) is 32.3 Å². The Bertz CT molecular complexity index is 668. The Hall–Kier alpha value is -0.380. The first-order chi connectivity index (χ1) is 8.38. The zero-order valence-electron chi connectivity index (χ0n) is 9.15. The highest BCUT2D eigenvalue weighted by molar-refractivity contribution is 14.1. The molecule has 1 aromatic carbocycles. The first kappa shape index (κ1) is 14.0. The summed E-state index contributed by atoms with van der Waals surface area (Å²) in [7, 11) is -3.62. The van der Waals surface area contributed by atoms with Gasteiger partial charge in [-0.05, 0) is 53.8 Å². The molecule has 0 fully saturated rings. The normalized spacial score (nSPS) is 11.5. The molecule has 18 heavy (non-hydrogen) atoms. The fourth-order valence-electron chi connectivity index (χ4n) is 1.32. The van der Waals surface area contributed by atoms with E-state index in [1.54, 1.807) is 19.1 Å². The Morgan fingerprint density at radius 1 is 1.33 bits per heavy atom. The summed E-state index contributed by atoms with van der Waals surface area (Å²) in [6, 6.07) is 7.06. The number of anilines is 1. The van der Waals surface area contributed by atoms with Crippen molar-refractivity contribution >= 4 is 61.2 Å². The highest BCUT2D eigenvalue weighted by Gasteiger charge is 2.21. The summed E-state index contributed by atoms with van der Waals surface area (Å²) in [5.74, 6) is 0. The summed E-state index contributed by atoms with van der Waals surface area (Å²) >= 11 is 8.81. The van der Waals surface area contributed by atoms with E-state index in [1.807, 2.05) is 12.1 Å². The average Bonchev–Trinajstić information content (AvgIpc) is 2.62. The van der Waals surface area contributed by atoms with Crippen molar-refractivity contribution in [2.75, 3.05) is 4.72 Å². The molecule has 8 heteroatoms. The molecule has 0 aliphatic heterocycles. The molecule has 1 aromatic heterocycles. The molecule has 96 valence electrons. The van der Waals surface area contributed by atoms with E-state index in [9.17, 15) is 8.42 Å². The minimum atomic E-state index is -3.62. The molecule has 0 spiro atoms. The molecule has 0 aliphatic rings. The van der Waals surface area contributed by atoms with E-state index in [0.717, 1.165) is 14.9 Å². The molecule has 4 nitrogen and oxygen atoms in total. The van der Waals surface area contributed by atoms with E-state index in [-0.39, 0.29) is 8.68 Å². The van der Waals surface area contributed by atoms with Crippen molar-refractivity contribution in [1.29, 1.82) is 0 Å². The number of hydrogen-bond acceptors (Lipinski definition) is 4. The lowest BCUT2D eigenvalue weighted by Gasteiger charge is -2.06. The number of nitrogens with zero attached hydrogens (tertiary/aromatic N) is 1. The van der Waals surface area contributed by atoms with Crippen molar-refractivity contribution in [1.82, 2.24) is 4.98 Å². The second-order valence-corrected chi connectivity index (χ2v) is 8.16. The van der Waals surface area contributed by atoms with Gasteiger partial charge in [-0.2, -0.15) is 0 Å². The predicted molar refractivity (Wildman–Crippen MR) is 81.8 cm³/mol. The van der Waals surface area contributed by atoms with Crippen LogP contribution >= 0.6 is 45.5 Å². The Labute approximate surface area is 128 Å². The number of sulfonamides is 1. The summed E-state index contributed by atoms with van der Waals surface area (Å²) in [4.78, 5) is 3.90. The number of aryl methyl sites for hydroxylation is 1. The van der Waals surface area contributed by atoms with Crippen molar-refractivity contribution in [2.24, 2.45) is 0 Å². The second kappa shape index (κ2) is 5.32. The smallest absolute Gasteiger partial charge is 0.273 e. The lowest BCUT2D eigenvalue weighted by atomic mass is 10.3. The standard InChI is InChI=1S/C10H8ClIN2O2S2/c1-6-9(17-10(11)13-6)18(15,16)14-8-4-2-7(12)3-5-8/h2-5,14H,1H3. The van der Waals surface area contributed by atoms with Crippen LogP contribution in [0.4, 0.5) is 5.69 Å². The van der Waals surface area contributed by atoms with Gasteiger partial charge in [0.15, 0.2) is 8.68 Å². The minimum absolute atomic E-state index is 0.144. The van der Waals surface area contributed by atoms with Crippen molar-refractivity contribution < 1.29 is 8.42 Å². The topological polar surface area (TPSA) is 59.1 Å². The number of aromatic nitrogens is 1. The van der Waals surface area contributed by atoms with Crippen LogP contribution in [-0.4, -0.2) is 13.4 Å². The van der Waals surface area contributed by atoms with Gasteiger partial charge in [-0.15, -0.1) is 0 Å². The minimum Gasteiger partial charge on any atom is -0.279 e. The van der Waals surface area contributed by atoms with Gasteiger partial charge < -0.3 is 0 Å². The lowest BCUT2D eigenvalue weighted by Crippen LogP contribution is -2.12. The number of thiazole rings is 1. The summed E-state index contributed by atoms with van der Waals surface area (Å²) in [5.41, 5.74) is 0.919. The van der Waals surface area contributed by atoms with Gasteiger partial charge in [0.05, 0.1) is 5.69 Å². The van der Waals surface area contributed by atoms with E-state index in [1.165, 1.54) is 0 Å². The maximum Gasteiger partial charge on any atom is 0.273 e. The van der Waals surface area contributed by atoms with E-state index < -0.39 is 10.0 Å². The van der Waals surface area contributed by atoms with Crippen LogP contribution in [0, 0.1) is 10.5 Å². The van der Waals surface area contributed by atoms with Crippen molar-refractivity contribution in [3.05, 3.63) is 38.0 Å². The summed E-state index contributed by atoms with van der Waals surface area (Å²) in [6.45, 7) is 1.62. The highest BCUT2D eigenvalue weighted by atomic mass is 127.